The Morgan fingerprint density at radius 2 is 2.10 bits per heavy atom. The molecule has 0 atom stereocenters. The summed E-state index contributed by atoms with van der Waals surface area (Å²) in [6, 6.07) is 3.84. The van der Waals surface area contributed by atoms with Crippen molar-refractivity contribution in [2.24, 2.45) is 5.92 Å². The first-order valence-electron chi connectivity index (χ1n) is 7.33. The second-order valence-electron chi connectivity index (χ2n) is 6.25. The molecule has 0 radical (unpaired) electrons. The Kier molecular flexibility index (Phi) is 4.85. The first-order chi connectivity index (χ1) is 9.94. The highest BCUT2D eigenvalue weighted by Crippen LogP contribution is 2.19. The van der Waals surface area contributed by atoms with E-state index >= 15 is 0 Å². The van der Waals surface area contributed by atoms with E-state index in [-0.39, 0.29) is 6.09 Å². The highest BCUT2D eigenvalue weighted by molar-refractivity contribution is 5.68. The van der Waals surface area contributed by atoms with Crippen molar-refractivity contribution >= 4 is 6.09 Å². The van der Waals surface area contributed by atoms with Crippen molar-refractivity contribution in [2.75, 3.05) is 13.1 Å². The zero-order valence-corrected chi connectivity index (χ0v) is 12.9. The van der Waals surface area contributed by atoms with Gasteiger partial charge in [-0.15, -0.1) is 0 Å². The van der Waals surface area contributed by atoms with Crippen LogP contribution in [0.2, 0.25) is 0 Å². The highest BCUT2D eigenvalue weighted by Gasteiger charge is 2.26. The molecular formula is C17H22N2O2. The number of hydrogen-bond acceptors (Lipinski definition) is 3. The Bertz CT molecular complexity index is 529. The van der Waals surface area contributed by atoms with Crippen LogP contribution in [-0.2, 0) is 4.74 Å². The number of ether oxygens (including phenoxy) is 1. The molecule has 0 N–H and O–H groups in total. The lowest BCUT2D eigenvalue weighted by atomic mass is 9.97. The van der Waals surface area contributed by atoms with Crippen molar-refractivity contribution in [3.63, 3.8) is 0 Å². The predicted octanol–water partition coefficient (Wildman–Crippen LogP) is 3.08. The molecule has 1 aliphatic rings. The van der Waals surface area contributed by atoms with Crippen LogP contribution in [0.1, 0.15) is 39.2 Å². The van der Waals surface area contributed by atoms with Gasteiger partial charge in [0.2, 0.25) is 0 Å². The maximum absolute atomic E-state index is 12.0. The standard InChI is InChI=1S/C17H22N2O2/c1-17(2,3)21-16(20)19-11-8-14(9-12-19)6-7-15-5-4-10-18-13-15/h4-5,10,13-14H,8-9,11-12H2,1-3H3. The summed E-state index contributed by atoms with van der Waals surface area (Å²) in [4.78, 5) is 17.8. The molecule has 0 spiro atoms. The van der Waals surface area contributed by atoms with Crippen LogP contribution < -0.4 is 0 Å². The van der Waals surface area contributed by atoms with E-state index in [4.69, 9.17) is 4.74 Å². The Balaban J connectivity index is 1.84. The fourth-order valence-electron chi connectivity index (χ4n) is 2.15. The summed E-state index contributed by atoms with van der Waals surface area (Å²) >= 11 is 0. The quantitative estimate of drug-likeness (QED) is 0.688. The third-order valence-electron chi connectivity index (χ3n) is 3.23. The molecule has 0 aromatic carbocycles. The first-order valence-corrected chi connectivity index (χ1v) is 7.33. The summed E-state index contributed by atoms with van der Waals surface area (Å²) in [5, 5.41) is 0. The van der Waals surface area contributed by atoms with Gasteiger partial charge >= 0.3 is 6.09 Å². The summed E-state index contributed by atoms with van der Waals surface area (Å²) in [5.74, 6) is 6.76. The number of carbonyl (C=O) groups is 1. The topological polar surface area (TPSA) is 42.4 Å². The number of hydrogen-bond donors (Lipinski definition) is 0. The van der Waals surface area contributed by atoms with Crippen LogP contribution >= 0.6 is 0 Å². The summed E-state index contributed by atoms with van der Waals surface area (Å²) in [5.41, 5.74) is 0.501. The zero-order valence-electron chi connectivity index (χ0n) is 12.9. The molecule has 1 aromatic heterocycles. The molecule has 4 heteroatoms. The van der Waals surface area contributed by atoms with Crippen LogP contribution in [-0.4, -0.2) is 34.7 Å². The molecule has 1 aliphatic heterocycles. The van der Waals surface area contributed by atoms with Gasteiger partial charge < -0.3 is 9.64 Å². The molecule has 2 rings (SSSR count). The minimum Gasteiger partial charge on any atom is -0.444 e. The molecule has 2 heterocycles. The van der Waals surface area contributed by atoms with Crippen LogP contribution in [0, 0.1) is 17.8 Å². The van der Waals surface area contributed by atoms with Gasteiger partial charge in [-0.3, -0.25) is 4.98 Å². The first kappa shape index (κ1) is 15.4. The molecule has 4 nitrogen and oxygen atoms in total. The predicted molar refractivity (Wildman–Crippen MR) is 81.6 cm³/mol. The van der Waals surface area contributed by atoms with Crippen molar-refractivity contribution in [1.82, 2.24) is 9.88 Å². The lowest BCUT2D eigenvalue weighted by molar-refractivity contribution is 0.0199. The van der Waals surface area contributed by atoms with Crippen LogP contribution in [0.15, 0.2) is 24.5 Å². The fourth-order valence-corrected chi connectivity index (χ4v) is 2.15. The van der Waals surface area contributed by atoms with Gasteiger partial charge in [0, 0.05) is 37.0 Å². The van der Waals surface area contributed by atoms with Gasteiger partial charge in [-0.2, -0.15) is 0 Å². The van der Waals surface area contributed by atoms with Gasteiger partial charge in [-0.25, -0.2) is 4.79 Å². The Morgan fingerprint density at radius 1 is 1.38 bits per heavy atom. The minimum absolute atomic E-state index is 0.221. The number of pyridine rings is 1. The number of likely N-dealkylation sites (tertiary alicyclic amines) is 1. The van der Waals surface area contributed by atoms with Crippen LogP contribution in [0.5, 0.6) is 0 Å². The highest BCUT2D eigenvalue weighted by atomic mass is 16.6. The van der Waals surface area contributed by atoms with E-state index in [2.05, 4.69) is 16.8 Å². The van der Waals surface area contributed by atoms with E-state index in [1.165, 1.54) is 0 Å². The molecule has 1 fully saturated rings. The van der Waals surface area contributed by atoms with Gasteiger partial charge in [-0.05, 0) is 45.7 Å². The lowest BCUT2D eigenvalue weighted by Gasteiger charge is -2.31. The Labute approximate surface area is 126 Å². The third-order valence-corrected chi connectivity index (χ3v) is 3.23. The van der Waals surface area contributed by atoms with E-state index in [9.17, 15) is 4.79 Å². The monoisotopic (exact) mass is 286 g/mol. The minimum atomic E-state index is -0.436. The Morgan fingerprint density at radius 3 is 2.67 bits per heavy atom. The molecule has 1 aromatic rings. The van der Waals surface area contributed by atoms with Crippen LogP contribution in [0.3, 0.4) is 0 Å². The maximum Gasteiger partial charge on any atom is 0.410 e. The van der Waals surface area contributed by atoms with Gasteiger partial charge in [0.25, 0.3) is 0 Å². The molecule has 0 saturated carbocycles. The largest absolute Gasteiger partial charge is 0.444 e. The maximum atomic E-state index is 12.0. The van der Waals surface area contributed by atoms with Crippen molar-refractivity contribution < 1.29 is 9.53 Å². The van der Waals surface area contributed by atoms with E-state index in [0.29, 0.717) is 19.0 Å². The molecule has 0 bridgehead atoms. The summed E-state index contributed by atoms with van der Waals surface area (Å²) in [7, 11) is 0. The number of carbonyl (C=O) groups excluding carboxylic acids is 1. The number of piperidine rings is 1. The normalized spacial score (nSPS) is 16.0. The SMILES string of the molecule is CC(C)(C)OC(=O)N1CCC(C#Cc2cccnc2)CC1. The number of nitrogens with zero attached hydrogens (tertiary/aromatic N) is 2. The lowest BCUT2D eigenvalue weighted by Crippen LogP contribution is -2.41. The smallest absolute Gasteiger partial charge is 0.410 e. The zero-order chi connectivity index (χ0) is 15.3. The van der Waals surface area contributed by atoms with E-state index < -0.39 is 5.60 Å². The molecule has 0 aliphatic carbocycles. The van der Waals surface area contributed by atoms with Gasteiger partial charge in [0.1, 0.15) is 5.60 Å². The second kappa shape index (κ2) is 6.62. The molecular weight excluding hydrogens is 264 g/mol. The molecule has 21 heavy (non-hydrogen) atoms. The summed E-state index contributed by atoms with van der Waals surface area (Å²) in [6.45, 7) is 7.08. The number of amides is 1. The molecule has 0 unspecified atom stereocenters. The van der Waals surface area contributed by atoms with Gasteiger partial charge in [0.05, 0.1) is 0 Å². The van der Waals surface area contributed by atoms with Crippen molar-refractivity contribution in [3.8, 4) is 11.8 Å². The summed E-state index contributed by atoms with van der Waals surface area (Å²) < 4.78 is 5.38. The van der Waals surface area contributed by atoms with Gasteiger partial charge in [0.15, 0.2) is 0 Å². The Hall–Kier alpha value is -2.02. The summed E-state index contributed by atoms with van der Waals surface area (Å²) in [6.07, 6.45) is 5.08. The van der Waals surface area contributed by atoms with E-state index in [0.717, 1.165) is 18.4 Å². The number of rotatable bonds is 0. The molecule has 1 amide bonds. The average Bonchev–Trinajstić information content (AvgIpc) is 2.45. The molecule has 112 valence electrons. The van der Waals surface area contributed by atoms with E-state index in [1.807, 2.05) is 32.9 Å². The number of aromatic nitrogens is 1. The van der Waals surface area contributed by atoms with Gasteiger partial charge in [-0.1, -0.05) is 11.8 Å². The van der Waals surface area contributed by atoms with Crippen molar-refractivity contribution in [1.29, 1.82) is 0 Å². The van der Waals surface area contributed by atoms with Crippen molar-refractivity contribution in [3.05, 3.63) is 30.1 Å². The van der Waals surface area contributed by atoms with E-state index in [1.54, 1.807) is 17.3 Å². The average molecular weight is 286 g/mol. The van der Waals surface area contributed by atoms with Crippen LogP contribution in [0.25, 0.3) is 0 Å². The van der Waals surface area contributed by atoms with Crippen molar-refractivity contribution in [2.45, 2.75) is 39.2 Å². The molecule has 1 saturated heterocycles. The second-order valence-corrected chi connectivity index (χ2v) is 6.25. The van der Waals surface area contributed by atoms with Crippen LogP contribution in [0.4, 0.5) is 4.79 Å². The fraction of sp³-hybridized carbons (Fsp3) is 0.529. The third kappa shape index (κ3) is 5.11.